The number of aryl methyl sites for hydroxylation is 2. The number of amides is 1. The zero-order valence-corrected chi connectivity index (χ0v) is 16.8. The summed E-state index contributed by atoms with van der Waals surface area (Å²) < 4.78 is 1.11. The van der Waals surface area contributed by atoms with Crippen LogP contribution in [0.25, 0.3) is 10.2 Å². The minimum absolute atomic E-state index is 0.0146. The Bertz CT molecular complexity index is 1060. The lowest BCUT2D eigenvalue weighted by Gasteiger charge is -2.17. The van der Waals surface area contributed by atoms with E-state index in [9.17, 15) is 4.79 Å². The molecule has 0 aliphatic heterocycles. The quantitative estimate of drug-likeness (QED) is 0.452. The lowest BCUT2D eigenvalue weighted by atomic mass is 9.88. The van der Waals surface area contributed by atoms with Gasteiger partial charge in [0.2, 0.25) is 5.91 Å². The van der Waals surface area contributed by atoms with Crippen LogP contribution in [0, 0.1) is 13.8 Å². The van der Waals surface area contributed by atoms with Crippen molar-refractivity contribution in [3.05, 3.63) is 95.1 Å². The third kappa shape index (κ3) is 3.97. The molecular weight excluding hydrogens is 364 g/mol. The Morgan fingerprint density at radius 3 is 2.18 bits per heavy atom. The molecule has 0 aliphatic rings. The minimum atomic E-state index is -0.0221. The van der Waals surface area contributed by atoms with Crippen LogP contribution in [0.3, 0.4) is 0 Å². The lowest BCUT2D eigenvalue weighted by molar-refractivity contribution is -0.116. The van der Waals surface area contributed by atoms with Crippen LogP contribution < -0.4 is 5.32 Å². The molecule has 0 bridgehead atoms. The molecule has 1 heterocycles. The highest BCUT2D eigenvalue weighted by molar-refractivity contribution is 7.22. The highest BCUT2D eigenvalue weighted by Crippen LogP contribution is 2.31. The molecule has 0 radical (unpaired) electrons. The molecule has 0 aliphatic carbocycles. The van der Waals surface area contributed by atoms with Crippen LogP contribution in [0.4, 0.5) is 5.13 Å². The van der Waals surface area contributed by atoms with Gasteiger partial charge in [-0.25, -0.2) is 4.98 Å². The molecule has 0 unspecified atom stereocenters. The van der Waals surface area contributed by atoms with E-state index in [1.165, 1.54) is 16.9 Å². The maximum Gasteiger partial charge on any atom is 0.227 e. The predicted molar refractivity (Wildman–Crippen MR) is 117 cm³/mol. The van der Waals surface area contributed by atoms with E-state index in [1.54, 1.807) is 0 Å². The molecular formula is C24H22N2OS. The number of hydrogen-bond acceptors (Lipinski definition) is 3. The number of rotatable bonds is 5. The average Bonchev–Trinajstić information content (AvgIpc) is 3.10. The molecule has 1 aromatic heterocycles. The predicted octanol–water partition coefficient (Wildman–Crippen LogP) is 6.07. The van der Waals surface area contributed by atoms with Crippen LogP contribution in [0.2, 0.25) is 0 Å². The van der Waals surface area contributed by atoms with Gasteiger partial charge in [-0.1, -0.05) is 78.1 Å². The van der Waals surface area contributed by atoms with E-state index in [1.807, 2.05) is 36.4 Å². The summed E-state index contributed by atoms with van der Waals surface area (Å²) in [5, 5.41) is 3.68. The fourth-order valence-corrected chi connectivity index (χ4v) is 4.64. The van der Waals surface area contributed by atoms with Crippen molar-refractivity contribution < 1.29 is 4.79 Å². The van der Waals surface area contributed by atoms with Crippen molar-refractivity contribution in [2.75, 3.05) is 5.32 Å². The van der Waals surface area contributed by atoms with Crippen molar-refractivity contribution in [2.45, 2.75) is 26.2 Å². The number of carbonyl (C=O) groups excluding carboxylic acids is 1. The smallest absolute Gasteiger partial charge is 0.227 e. The molecule has 28 heavy (non-hydrogen) atoms. The summed E-state index contributed by atoms with van der Waals surface area (Å²) in [5.41, 5.74) is 5.59. The van der Waals surface area contributed by atoms with Crippen molar-refractivity contribution in [3.63, 3.8) is 0 Å². The molecule has 4 rings (SSSR count). The van der Waals surface area contributed by atoms with Gasteiger partial charge in [-0.2, -0.15) is 0 Å². The minimum Gasteiger partial charge on any atom is -0.302 e. The molecule has 4 aromatic rings. The number of aromatic nitrogens is 1. The maximum absolute atomic E-state index is 12.9. The number of thiazole rings is 1. The first-order valence-electron chi connectivity index (χ1n) is 9.37. The average molecular weight is 387 g/mol. The zero-order valence-electron chi connectivity index (χ0n) is 16.0. The number of anilines is 1. The largest absolute Gasteiger partial charge is 0.302 e. The Hall–Kier alpha value is -2.98. The summed E-state index contributed by atoms with van der Waals surface area (Å²) in [6.45, 7) is 4.14. The van der Waals surface area contributed by atoms with Gasteiger partial charge in [-0.05, 0) is 42.2 Å². The number of benzene rings is 3. The Morgan fingerprint density at radius 1 is 0.964 bits per heavy atom. The summed E-state index contributed by atoms with van der Waals surface area (Å²) in [5.74, 6) is -0.00750. The zero-order chi connectivity index (χ0) is 19.5. The van der Waals surface area contributed by atoms with Crippen LogP contribution in [-0.2, 0) is 4.79 Å². The molecule has 0 spiro atoms. The second kappa shape index (κ2) is 7.95. The van der Waals surface area contributed by atoms with E-state index < -0.39 is 0 Å². The van der Waals surface area contributed by atoms with Crippen LogP contribution in [-0.4, -0.2) is 10.9 Å². The number of carbonyl (C=O) groups is 1. The Labute approximate surface area is 169 Å². The van der Waals surface area contributed by atoms with Crippen molar-refractivity contribution in [1.29, 1.82) is 0 Å². The summed E-state index contributed by atoms with van der Waals surface area (Å²) in [4.78, 5) is 17.5. The number of nitrogens with zero attached hydrogens (tertiary/aromatic N) is 1. The normalized spacial score (nSPS) is 11.1. The second-order valence-electron chi connectivity index (χ2n) is 7.07. The van der Waals surface area contributed by atoms with Crippen LogP contribution in [0.15, 0.2) is 72.8 Å². The molecule has 1 N–H and O–H groups in total. The molecule has 4 heteroatoms. The van der Waals surface area contributed by atoms with Gasteiger partial charge in [0.25, 0.3) is 0 Å². The highest BCUT2D eigenvalue weighted by atomic mass is 32.1. The SMILES string of the molecule is Cc1cc(C)c2nc(NC(=O)CC(c3ccccc3)c3ccccc3)sc2c1. The molecule has 140 valence electrons. The third-order valence-corrected chi connectivity index (χ3v) is 5.79. The van der Waals surface area contributed by atoms with Crippen LogP contribution in [0.5, 0.6) is 0 Å². The van der Waals surface area contributed by atoms with Gasteiger partial charge in [0.05, 0.1) is 10.2 Å². The number of nitrogens with one attached hydrogen (secondary N) is 1. The fraction of sp³-hybridized carbons (Fsp3) is 0.167. The van der Waals surface area contributed by atoms with E-state index in [4.69, 9.17) is 0 Å². The van der Waals surface area contributed by atoms with E-state index in [-0.39, 0.29) is 11.8 Å². The van der Waals surface area contributed by atoms with Crippen molar-refractivity contribution >= 4 is 32.6 Å². The fourth-order valence-electron chi connectivity index (χ4n) is 3.58. The number of fused-ring (bicyclic) bond motifs is 1. The van der Waals surface area contributed by atoms with E-state index in [2.05, 4.69) is 60.5 Å². The number of hydrogen-bond donors (Lipinski definition) is 1. The maximum atomic E-state index is 12.9. The van der Waals surface area contributed by atoms with Crippen LogP contribution in [0.1, 0.15) is 34.6 Å². The van der Waals surface area contributed by atoms with Crippen LogP contribution >= 0.6 is 11.3 Å². The van der Waals surface area contributed by atoms with Crippen molar-refractivity contribution in [2.24, 2.45) is 0 Å². The molecule has 0 fully saturated rings. The molecule has 0 atom stereocenters. The van der Waals surface area contributed by atoms with Crippen molar-refractivity contribution in [1.82, 2.24) is 4.98 Å². The highest BCUT2D eigenvalue weighted by Gasteiger charge is 2.19. The first-order valence-corrected chi connectivity index (χ1v) is 10.2. The first-order chi connectivity index (χ1) is 13.6. The molecule has 0 saturated carbocycles. The summed E-state index contributed by atoms with van der Waals surface area (Å²) in [6, 6.07) is 24.6. The third-order valence-electron chi connectivity index (χ3n) is 4.87. The van der Waals surface area contributed by atoms with E-state index in [0.29, 0.717) is 11.6 Å². The van der Waals surface area contributed by atoms with E-state index >= 15 is 0 Å². The Morgan fingerprint density at radius 2 is 1.57 bits per heavy atom. The monoisotopic (exact) mass is 386 g/mol. The van der Waals surface area contributed by atoms with E-state index in [0.717, 1.165) is 26.9 Å². The standard InChI is InChI=1S/C24H22N2OS/c1-16-13-17(2)23-21(14-16)28-24(26-23)25-22(27)15-20(18-9-5-3-6-10-18)19-11-7-4-8-12-19/h3-14,20H,15H2,1-2H3,(H,25,26,27). The molecule has 1 amide bonds. The topological polar surface area (TPSA) is 42.0 Å². The molecule has 3 aromatic carbocycles. The van der Waals surface area contributed by atoms with Gasteiger partial charge in [-0.3, -0.25) is 4.79 Å². The summed E-state index contributed by atoms with van der Waals surface area (Å²) in [7, 11) is 0. The Balaban J connectivity index is 1.58. The molecule has 3 nitrogen and oxygen atoms in total. The second-order valence-corrected chi connectivity index (χ2v) is 8.10. The lowest BCUT2D eigenvalue weighted by Crippen LogP contribution is -2.16. The first kappa shape index (κ1) is 18.4. The van der Waals surface area contributed by atoms with Crippen molar-refractivity contribution in [3.8, 4) is 0 Å². The van der Waals surface area contributed by atoms with Gasteiger partial charge in [0.15, 0.2) is 5.13 Å². The van der Waals surface area contributed by atoms with Gasteiger partial charge >= 0.3 is 0 Å². The van der Waals surface area contributed by atoms with Gasteiger partial charge < -0.3 is 5.32 Å². The van der Waals surface area contributed by atoms with Gasteiger partial charge in [-0.15, -0.1) is 0 Å². The van der Waals surface area contributed by atoms with Gasteiger partial charge in [0, 0.05) is 12.3 Å². The summed E-state index contributed by atoms with van der Waals surface area (Å²) >= 11 is 1.53. The Kier molecular flexibility index (Phi) is 5.22. The summed E-state index contributed by atoms with van der Waals surface area (Å²) in [6.07, 6.45) is 0.377. The molecule has 0 saturated heterocycles. The van der Waals surface area contributed by atoms with Gasteiger partial charge in [0.1, 0.15) is 0 Å².